The first-order chi connectivity index (χ1) is 8.60. The van der Waals surface area contributed by atoms with Crippen molar-refractivity contribution in [3.8, 4) is 5.75 Å². The summed E-state index contributed by atoms with van der Waals surface area (Å²) in [6, 6.07) is 7.66. The Morgan fingerprint density at radius 2 is 1.56 bits per heavy atom. The summed E-state index contributed by atoms with van der Waals surface area (Å²) >= 11 is 0. The summed E-state index contributed by atoms with van der Waals surface area (Å²) in [6.45, 7) is 3.66. The van der Waals surface area contributed by atoms with Gasteiger partial charge in [-0.3, -0.25) is 4.79 Å². The molecule has 0 saturated heterocycles. The lowest BCUT2D eigenvalue weighted by Gasteiger charge is -2.05. The Morgan fingerprint density at radius 1 is 1.00 bits per heavy atom. The highest BCUT2D eigenvalue weighted by Crippen LogP contribution is 2.12. The van der Waals surface area contributed by atoms with E-state index >= 15 is 0 Å². The minimum atomic E-state index is 0.107. The number of benzene rings is 1. The van der Waals surface area contributed by atoms with Gasteiger partial charge in [-0.05, 0) is 26.0 Å². The first-order valence-electron chi connectivity index (χ1n) is 5.79. The van der Waals surface area contributed by atoms with Crippen LogP contribution in [-0.2, 0) is 4.79 Å². The van der Waals surface area contributed by atoms with Crippen molar-refractivity contribution in [1.82, 2.24) is 0 Å². The first-order valence-corrected chi connectivity index (χ1v) is 5.79. The fraction of sp³-hybridized carbons (Fsp3) is 0.200. The minimum absolute atomic E-state index is 0.107. The molecule has 0 aromatic heterocycles. The molecule has 0 bridgehead atoms. The monoisotopic (exact) mass is 242 g/mol. The van der Waals surface area contributed by atoms with Gasteiger partial charge in [0.2, 0.25) is 11.4 Å². The van der Waals surface area contributed by atoms with Gasteiger partial charge >= 0.3 is 0 Å². The molecular formula is C15H16NO2+. The van der Waals surface area contributed by atoms with Crippen LogP contribution in [0.1, 0.15) is 13.8 Å². The van der Waals surface area contributed by atoms with E-state index in [1.165, 1.54) is 0 Å². The summed E-state index contributed by atoms with van der Waals surface area (Å²) in [5.74, 6) is 0.929. The Hall–Kier alpha value is -2.16. The zero-order valence-electron chi connectivity index (χ0n) is 10.8. The van der Waals surface area contributed by atoms with Crippen LogP contribution in [0.4, 0.5) is 5.69 Å². The van der Waals surface area contributed by atoms with Crippen LogP contribution in [-0.4, -0.2) is 18.6 Å². The van der Waals surface area contributed by atoms with Crippen LogP contribution in [0.2, 0.25) is 0 Å². The highest BCUT2D eigenvalue weighted by molar-refractivity contribution is 6.19. The van der Waals surface area contributed by atoms with E-state index in [-0.39, 0.29) is 5.78 Å². The molecule has 1 aromatic carbocycles. The van der Waals surface area contributed by atoms with Gasteiger partial charge < -0.3 is 4.74 Å². The van der Waals surface area contributed by atoms with Crippen LogP contribution in [0.25, 0.3) is 0 Å². The van der Waals surface area contributed by atoms with Crippen molar-refractivity contribution in [3.63, 3.8) is 0 Å². The number of ether oxygens (including phenoxy) is 1. The van der Waals surface area contributed by atoms with Gasteiger partial charge in [0.05, 0.1) is 7.11 Å². The number of carbonyl (C=O) groups excluding carboxylic acids is 1. The summed E-state index contributed by atoms with van der Waals surface area (Å²) in [4.78, 5) is 14.9. The number of Topliss-reactive ketones (excluding diaryl/α,β-unsaturated/α-hetero) is 1. The molecule has 0 fully saturated rings. The van der Waals surface area contributed by atoms with E-state index in [4.69, 9.17) is 4.74 Å². The van der Waals surface area contributed by atoms with E-state index < -0.39 is 0 Å². The van der Waals surface area contributed by atoms with Gasteiger partial charge in [-0.25, -0.2) is 4.99 Å². The molecule has 0 atom stereocenters. The van der Waals surface area contributed by atoms with Gasteiger partial charge in [0.25, 0.3) is 0 Å². The van der Waals surface area contributed by atoms with Gasteiger partial charge in [0.1, 0.15) is 5.75 Å². The molecular weight excluding hydrogens is 226 g/mol. The number of hydrogen-bond acceptors (Lipinski definition) is 2. The molecule has 92 valence electrons. The van der Waals surface area contributed by atoms with Crippen LogP contribution in [0.5, 0.6) is 5.75 Å². The quantitative estimate of drug-likeness (QED) is 0.795. The van der Waals surface area contributed by atoms with Crippen LogP contribution in [0, 0.1) is 0 Å². The lowest BCUT2D eigenvalue weighted by atomic mass is 9.98. The van der Waals surface area contributed by atoms with E-state index in [2.05, 4.69) is 4.99 Å². The van der Waals surface area contributed by atoms with E-state index in [1.807, 2.05) is 50.3 Å². The maximum atomic E-state index is 11.6. The van der Waals surface area contributed by atoms with Gasteiger partial charge in [0, 0.05) is 35.4 Å². The lowest BCUT2D eigenvalue weighted by molar-refractivity contribution is -0.351. The highest BCUT2D eigenvalue weighted by atomic mass is 16.5. The fourth-order valence-electron chi connectivity index (χ4n) is 1.86. The zero-order valence-corrected chi connectivity index (χ0v) is 10.8. The standard InChI is InChI=1S/C15H15NO2/c1-10-8-13(9-11(2)15(10)17)16-12-4-6-14(18-3)7-5-12/h4-9H,1-3H3/p+1. The number of carbonyl (C=O) groups is 1. The van der Waals surface area contributed by atoms with Gasteiger partial charge in [-0.15, -0.1) is 0 Å². The number of hydrogen-bond donors (Lipinski definition) is 1. The molecule has 3 nitrogen and oxygen atoms in total. The van der Waals surface area contributed by atoms with Gasteiger partial charge in [0.15, 0.2) is 5.78 Å². The molecule has 2 rings (SSSR count). The Balaban J connectivity index is 2.30. The summed E-state index contributed by atoms with van der Waals surface area (Å²) in [5.41, 5.74) is 3.40. The molecule has 0 heterocycles. The minimum Gasteiger partial charge on any atom is -0.497 e. The van der Waals surface area contributed by atoms with Crippen LogP contribution >= 0.6 is 0 Å². The van der Waals surface area contributed by atoms with Gasteiger partial charge in [-0.2, -0.15) is 0 Å². The third-order valence-corrected chi connectivity index (χ3v) is 2.84. The van der Waals surface area contributed by atoms with Crippen LogP contribution in [0.15, 0.2) is 47.6 Å². The summed E-state index contributed by atoms with van der Waals surface area (Å²) in [6.07, 6.45) is 3.72. The number of allylic oxidation sites excluding steroid dienone is 4. The predicted molar refractivity (Wildman–Crippen MR) is 71.1 cm³/mol. The fourth-order valence-corrected chi connectivity index (χ4v) is 1.86. The topological polar surface area (TPSA) is 40.3 Å². The van der Waals surface area contributed by atoms with Crippen molar-refractivity contribution in [2.24, 2.45) is 0 Å². The summed E-state index contributed by atoms with van der Waals surface area (Å²) in [5, 5.41) is 0. The summed E-state index contributed by atoms with van der Waals surface area (Å²) in [7, 11) is 1.64. The van der Waals surface area contributed by atoms with Crippen molar-refractivity contribution in [3.05, 3.63) is 47.6 Å². The number of methoxy groups -OCH3 is 1. The maximum absolute atomic E-state index is 11.6. The zero-order chi connectivity index (χ0) is 13.1. The smallest absolute Gasteiger partial charge is 0.204 e. The molecule has 1 aliphatic rings. The van der Waals surface area contributed by atoms with Crippen molar-refractivity contribution < 1.29 is 14.5 Å². The number of rotatable bonds is 2. The predicted octanol–water partition coefficient (Wildman–Crippen LogP) is 1.32. The molecule has 0 amide bonds. The SMILES string of the molecule is COc1ccc([NH+]=C2C=C(C)C(=O)C(C)=C2)cc1. The largest absolute Gasteiger partial charge is 0.497 e. The second kappa shape index (κ2) is 5.00. The van der Waals surface area contributed by atoms with Crippen molar-refractivity contribution in [2.45, 2.75) is 13.8 Å². The van der Waals surface area contributed by atoms with E-state index in [0.717, 1.165) is 28.3 Å². The van der Waals surface area contributed by atoms with Crippen LogP contribution in [0.3, 0.4) is 0 Å². The average molecular weight is 242 g/mol. The number of nitrogens with one attached hydrogen (secondary N) is 1. The Morgan fingerprint density at radius 3 is 2.06 bits per heavy atom. The highest BCUT2D eigenvalue weighted by Gasteiger charge is 2.16. The van der Waals surface area contributed by atoms with Crippen molar-refractivity contribution in [2.75, 3.05) is 7.11 Å². The average Bonchev–Trinajstić information content (AvgIpc) is 2.37. The van der Waals surface area contributed by atoms with Crippen molar-refractivity contribution in [1.29, 1.82) is 0 Å². The Labute approximate surface area is 107 Å². The van der Waals surface area contributed by atoms with E-state index in [9.17, 15) is 4.79 Å². The molecule has 18 heavy (non-hydrogen) atoms. The van der Waals surface area contributed by atoms with E-state index in [0.29, 0.717) is 0 Å². The molecule has 1 aliphatic carbocycles. The maximum Gasteiger partial charge on any atom is 0.204 e. The first kappa shape index (κ1) is 12.3. The van der Waals surface area contributed by atoms with Crippen LogP contribution < -0.4 is 9.73 Å². The Bertz CT molecular complexity index is 539. The van der Waals surface area contributed by atoms with E-state index in [1.54, 1.807) is 7.11 Å². The molecule has 1 N–H and O–H groups in total. The second-order valence-corrected chi connectivity index (χ2v) is 4.29. The molecule has 3 heteroatoms. The molecule has 1 aromatic rings. The second-order valence-electron chi connectivity index (χ2n) is 4.29. The molecule has 0 spiro atoms. The molecule has 0 radical (unpaired) electrons. The lowest BCUT2D eigenvalue weighted by Crippen LogP contribution is -2.65. The van der Waals surface area contributed by atoms with Crippen molar-refractivity contribution >= 4 is 17.2 Å². The third-order valence-electron chi connectivity index (χ3n) is 2.84. The molecule has 0 aliphatic heterocycles. The molecule has 0 unspecified atom stereocenters. The summed E-state index contributed by atoms with van der Waals surface area (Å²) < 4.78 is 5.10. The molecule has 0 saturated carbocycles. The third kappa shape index (κ3) is 2.56. The Kier molecular flexibility index (Phi) is 3.42. The van der Waals surface area contributed by atoms with Gasteiger partial charge in [-0.1, -0.05) is 0 Å². The normalized spacial score (nSPS) is 15.1. The number of ketones is 1.